The van der Waals surface area contributed by atoms with E-state index in [0.717, 1.165) is 5.56 Å². The molecule has 0 aliphatic carbocycles. The monoisotopic (exact) mass is 267 g/mol. The topological polar surface area (TPSA) is 59.0 Å². The number of likely N-dealkylation sites (N-methyl/N-ethyl adjacent to an activating group) is 1. The van der Waals surface area contributed by atoms with E-state index in [0.29, 0.717) is 18.0 Å². The molecule has 0 aromatic heterocycles. The SMILES string of the molecule is CCN(C)C(=O)COc1ccc([C@H](C)O)cc1OC. The van der Waals surface area contributed by atoms with Gasteiger partial charge in [-0.2, -0.15) is 0 Å². The molecule has 5 heteroatoms. The average Bonchev–Trinajstić information content (AvgIpc) is 2.43. The molecule has 19 heavy (non-hydrogen) atoms. The van der Waals surface area contributed by atoms with E-state index >= 15 is 0 Å². The predicted octanol–water partition coefficient (Wildman–Crippen LogP) is 1.61. The van der Waals surface area contributed by atoms with Crippen LogP contribution in [0.3, 0.4) is 0 Å². The quantitative estimate of drug-likeness (QED) is 0.850. The standard InChI is InChI=1S/C14H21NO4/c1-5-15(3)14(17)9-19-12-7-6-11(10(2)16)8-13(12)18-4/h6-8,10,16H,5,9H2,1-4H3/t10-/m0/s1. The van der Waals surface area contributed by atoms with Gasteiger partial charge in [-0.1, -0.05) is 6.07 Å². The van der Waals surface area contributed by atoms with E-state index in [-0.39, 0.29) is 12.5 Å². The Hall–Kier alpha value is -1.75. The van der Waals surface area contributed by atoms with Crippen LogP contribution in [0.5, 0.6) is 11.5 Å². The van der Waals surface area contributed by atoms with E-state index in [9.17, 15) is 9.90 Å². The van der Waals surface area contributed by atoms with Crippen molar-refractivity contribution in [2.75, 3.05) is 27.3 Å². The maximum atomic E-state index is 11.6. The second-order valence-corrected chi connectivity index (χ2v) is 4.28. The minimum absolute atomic E-state index is 0.0330. The van der Waals surface area contributed by atoms with Crippen molar-refractivity contribution in [1.82, 2.24) is 4.90 Å². The molecule has 0 radical (unpaired) electrons. The summed E-state index contributed by atoms with van der Waals surface area (Å²) in [4.78, 5) is 13.2. The fraction of sp³-hybridized carbons (Fsp3) is 0.500. The molecule has 0 spiro atoms. The molecule has 0 bridgehead atoms. The number of hydrogen-bond donors (Lipinski definition) is 1. The van der Waals surface area contributed by atoms with Crippen LogP contribution in [0.25, 0.3) is 0 Å². The van der Waals surface area contributed by atoms with Crippen LogP contribution in [0.4, 0.5) is 0 Å². The summed E-state index contributed by atoms with van der Waals surface area (Å²) in [6.07, 6.45) is -0.573. The Morgan fingerprint density at radius 2 is 2.11 bits per heavy atom. The largest absolute Gasteiger partial charge is 0.493 e. The highest BCUT2D eigenvalue weighted by Gasteiger charge is 2.12. The minimum Gasteiger partial charge on any atom is -0.493 e. The van der Waals surface area contributed by atoms with E-state index in [1.807, 2.05) is 6.92 Å². The number of aliphatic hydroxyl groups excluding tert-OH is 1. The highest BCUT2D eigenvalue weighted by molar-refractivity contribution is 5.77. The first-order valence-electron chi connectivity index (χ1n) is 6.22. The van der Waals surface area contributed by atoms with Crippen LogP contribution in [0.1, 0.15) is 25.5 Å². The van der Waals surface area contributed by atoms with Crippen LogP contribution in [-0.2, 0) is 4.79 Å². The molecule has 1 atom stereocenters. The van der Waals surface area contributed by atoms with Crippen LogP contribution < -0.4 is 9.47 Å². The average molecular weight is 267 g/mol. The lowest BCUT2D eigenvalue weighted by atomic mass is 10.1. The Balaban J connectivity index is 2.76. The molecule has 0 fully saturated rings. The number of carbonyl (C=O) groups is 1. The summed E-state index contributed by atoms with van der Waals surface area (Å²) in [5.74, 6) is 0.902. The van der Waals surface area contributed by atoms with Gasteiger partial charge in [-0.25, -0.2) is 0 Å². The van der Waals surface area contributed by atoms with Crippen LogP contribution in [0.2, 0.25) is 0 Å². The number of methoxy groups -OCH3 is 1. The zero-order valence-corrected chi connectivity index (χ0v) is 11.8. The number of hydrogen-bond acceptors (Lipinski definition) is 4. The molecular weight excluding hydrogens is 246 g/mol. The Kier molecular flexibility index (Phi) is 5.63. The van der Waals surface area contributed by atoms with E-state index in [4.69, 9.17) is 9.47 Å². The zero-order chi connectivity index (χ0) is 14.4. The lowest BCUT2D eigenvalue weighted by Crippen LogP contribution is -2.31. The van der Waals surface area contributed by atoms with Crippen molar-refractivity contribution in [3.05, 3.63) is 23.8 Å². The molecule has 1 amide bonds. The van der Waals surface area contributed by atoms with Gasteiger partial charge in [0.25, 0.3) is 5.91 Å². The van der Waals surface area contributed by atoms with Gasteiger partial charge in [0.1, 0.15) is 0 Å². The third kappa shape index (κ3) is 4.13. The summed E-state index contributed by atoms with van der Waals surface area (Å²) in [5.41, 5.74) is 0.737. The number of amides is 1. The molecule has 1 aromatic carbocycles. The Morgan fingerprint density at radius 3 is 2.63 bits per heavy atom. The summed E-state index contributed by atoms with van der Waals surface area (Å²) < 4.78 is 10.6. The molecule has 1 N–H and O–H groups in total. The van der Waals surface area contributed by atoms with E-state index in [2.05, 4.69) is 0 Å². The summed E-state index contributed by atoms with van der Waals surface area (Å²) in [7, 11) is 3.24. The fourth-order valence-electron chi connectivity index (χ4n) is 1.49. The number of nitrogens with zero attached hydrogens (tertiary/aromatic N) is 1. The van der Waals surface area contributed by atoms with Gasteiger partial charge in [0.15, 0.2) is 18.1 Å². The molecule has 106 valence electrons. The molecule has 0 aliphatic rings. The van der Waals surface area contributed by atoms with Crippen LogP contribution in [0.15, 0.2) is 18.2 Å². The zero-order valence-electron chi connectivity index (χ0n) is 11.8. The van der Waals surface area contributed by atoms with Crippen molar-refractivity contribution >= 4 is 5.91 Å². The van der Waals surface area contributed by atoms with Crippen LogP contribution >= 0.6 is 0 Å². The van der Waals surface area contributed by atoms with Gasteiger partial charge in [0.05, 0.1) is 13.2 Å². The Morgan fingerprint density at radius 1 is 1.42 bits per heavy atom. The number of aliphatic hydroxyl groups is 1. The maximum Gasteiger partial charge on any atom is 0.260 e. The number of carbonyl (C=O) groups excluding carboxylic acids is 1. The first-order chi connectivity index (χ1) is 8.99. The van der Waals surface area contributed by atoms with Gasteiger partial charge in [-0.3, -0.25) is 4.79 Å². The maximum absolute atomic E-state index is 11.6. The summed E-state index contributed by atoms with van der Waals surface area (Å²) >= 11 is 0. The molecule has 0 saturated carbocycles. The van der Waals surface area contributed by atoms with Crippen LogP contribution in [0, 0.1) is 0 Å². The van der Waals surface area contributed by atoms with Crippen molar-refractivity contribution in [3.8, 4) is 11.5 Å². The lowest BCUT2D eigenvalue weighted by Gasteiger charge is -2.16. The molecule has 1 rings (SSSR count). The third-order valence-corrected chi connectivity index (χ3v) is 2.92. The molecule has 5 nitrogen and oxygen atoms in total. The number of benzene rings is 1. The third-order valence-electron chi connectivity index (χ3n) is 2.92. The van der Waals surface area contributed by atoms with Gasteiger partial charge in [0.2, 0.25) is 0 Å². The van der Waals surface area contributed by atoms with Crippen molar-refractivity contribution < 1.29 is 19.4 Å². The smallest absolute Gasteiger partial charge is 0.260 e. The predicted molar refractivity (Wildman–Crippen MR) is 72.4 cm³/mol. The van der Waals surface area contributed by atoms with Gasteiger partial charge >= 0.3 is 0 Å². The fourth-order valence-corrected chi connectivity index (χ4v) is 1.49. The van der Waals surface area contributed by atoms with Gasteiger partial charge in [-0.05, 0) is 31.5 Å². The van der Waals surface area contributed by atoms with E-state index in [1.165, 1.54) is 7.11 Å². The number of ether oxygens (including phenoxy) is 2. The molecular formula is C14H21NO4. The van der Waals surface area contributed by atoms with Crippen molar-refractivity contribution in [3.63, 3.8) is 0 Å². The molecule has 1 aromatic rings. The Labute approximate surface area is 113 Å². The lowest BCUT2D eigenvalue weighted by molar-refractivity contribution is -0.131. The summed E-state index contributed by atoms with van der Waals surface area (Å²) in [5, 5.41) is 9.50. The van der Waals surface area contributed by atoms with E-state index < -0.39 is 6.10 Å². The van der Waals surface area contributed by atoms with Crippen molar-refractivity contribution in [1.29, 1.82) is 0 Å². The molecule has 0 unspecified atom stereocenters. The molecule has 0 heterocycles. The van der Waals surface area contributed by atoms with Crippen molar-refractivity contribution in [2.24, 2.45) is 0 Å². The second-order valence-electron chi connectivity index (χ2n) is 4.28. The first-order valence-corrected chi connectivity index (χ1v) is 6.22. The van der Waals surface area contributed by atoms with Gasteiger partial charge in [-0.15, -0.1) is 0 Å². The molecule has 0 aliphatic heterocycles. The highest BCUT2D eigenvalue weighted by Crippen LogP contribution is 2.30. The summed E-state index contributed by atoms with van der Waals surface area (Å²) in [6, 6.07) is 5.14. The van der Waals surface area contributed by atoms with Gasteiger partial charge in [0, 0.05) is 13.6 Å². The Bertz CT molecular complexity index is 431. The summed E-state index contributed by atoms with van der Waals surface area (Å²) in [6.45, 7) is 4.18. The first kappa shape index (κ1) is 15.3. The van der Waals surface area contributed by atoms with E-state index in [1.54, 1.807) is 37.1 Å². The van der Waals surface area contributed by atoms with Gasteiger partial charge < -0.3 is 19.5 Å². The highest BCUT2D eigenvalue weighted by atomic mass is 16.5. The van der Waals surface area contributed by atoms with Crippen LogP contribution in [-0.4, -0.2) is 43.2 Å². The minimum atomic E-state index is -0.573. The second kappa shape index (κ2) is 6.99. The molecule has 0 saturated heterocycles. The number of rotatable bonds is 6. The van der Waals surface area contributed by atoms with Crippen molar-refractivity contribution in [2.45, 2.75) is 20.0 Å². The normalized spacial score (nSPS) is 11.8.